The van der Waals surface area contributed by atoms with Gasteiger partial charge in [-0.15, -0.1) is 0 Å². The molecule has 1 aromatic carbocycles. The molecule has 1 heterocycles. The molecule has 1 aliphatic heterocycles. The van der Waals surface area contributed by atoms with Crippen LogP contribution in [0.3, 0.4) is 0 Å². The Hall–Kier alpha value is -2.35. The van der Waals surface area contributed by atoms with Crippen LogP contribution in [0.25, 0.3) is 0 Å². The first kappa shape index (κ1) is 13.1. The number of hydrogen-bond acceptors (Lipinski definition) is 4. The zero-order chi connectivity index (χ0) is 14.2. The van der Waals surface area contributed by atoms with Gasteiger partial charge in [0.25, 0.3) is 0 Å². The van der Waals surface area contributed by atoms with Gasteiger partial charge in [-0.3, -0.25) is 9.59 Å². The fourth-order valence-corrected chi connectivity index (χ4v) is 2.17. The summed E-state index contributed by atoms with van der Waals surface area (Å²) in [5.41, 5.74) is 0.501. The number of para-hydroxylation sites is 1. The maximum Gasteiger partial charge on any atom is 0.237 e. The second kappa shape index (κ2) is 4.73. The van der Waals surface area contributed by atoms with Crippen LogP contribution in [0.4, 0.5) is 5.69 Å². The van der Waals surface area contributed by atoms with Gasteiger partial charge >= 0.3 is 0 Å². The van der Waals surface area contributed by atoms with Crippen LogP contribution in [-0.4, -0.2) is 18.9 Å². The molecule has 2 rings (SSSR count). The van der Waals surface area contributed by atoms with Gasteiger partial charge in [0, 0.05) is 11.8 Å². The standard InChI is InChI=1S/C14H14N2O3/c1-8-9(2)14(18)16(13(8)17)12-10(7-15)5-4-6-11(12)19-3/h4-6,8-9H,1-3H3. The minimum Gasteiger partial charge on any atom is -0.495 e. The highest BCUT2D eigenvalue weighted by atomic mass is 16.5. The normalized spacial score (nSPS) is 22.5. The summed E-state index contributed by atoms with van der Waals surface area (Å²) in [4.78, 5) is 25.5. The van der Waals surface area contributed by atoms with Crippen molar-refractivity contribution < 1.29 is 14.3 Å². The molecule has 98 valence electrons. The van der Waals surface area contributed by atoms with Crippen molar-refractivity contribution in [3.05, 3.63) is 23.8 Å². The predicted molar refractivity (Wildman–Crippen MR) is 68.5 cm³/mol. The largest absolute Gasteiger partial charge is 0.495 e. The number of anilines is 1. The van der Waals surface area contributed by atoms with Crippen LogP contribution in [-0.2, 0) is 9.59 Å². The number of imide groups is 1. The number of hydrogen-bond donors (Lipinski definition) is 0. The minimum absolute atomic E-state index is 0.249. The number of carbonyl (C=O) groups excluding carboxylic acids is 2. The molecule has 2 unspecified atom stereocenters. The van der Waals surface area contributed by atoms with E-state index in [-0.39, 0.29) is 34.9 Å². The lowest BCUT2D eigenvalue weighted by atomic mass is 10.00. The molecule has 19 heavy (non-hydrogen) atoms. The second-order valence-electron chi connectivity index (χ2n) is 4.56. The number of ether oxygens (including phenoxy) is 1. The van der Waals surface area contributed by atoms with Gasteiger partial charge < -0.3 is 4.74 Å². The summed E-state index contributed by atoms with van der Waals surface area (Å²) < 4.78 is 5.17. The molecule has 0 radical (unpaired) electrons. The third-order valence-electron chi connectivity index (χ3n) is 3.53. The summed E-state index contributed by atoms with van der Waals surface area (Å²) in [5, 5.41) is 9.15. The van der Waals surface area contributed by atoms with Crippen LogP contribution in [0.1, 0.15) is 19.4 Å². The maximum absolute atomic E-state index is 12.2. The van der Waals surface area contributed by atoms with Gasteiger partial charge in [-0.05, 0) is 12.1 Å². The first-order chi connectivity index (χ1) is 9.02. The van der Waals surface area contributed by atoms with Gasteiger partial charge in [0.1, 0.15) is 17.5 Å². The lowest BCUT2D eigenvalue weighted by Gasteiger charge is -2.19. The van der Waals surface area contributed by atoms with E-state index in [1.807, 2.05) is 6.07 Å². The maximum atomic E-state index is 12.2. The van der Waals surface area contributed by atoms with Crippen LogP contribution in [0.5, 0.6) is 5.75 Å². The Kier molecular flexibility index (Phi) is 3.26. The topological polar surface area (TPSA) is 70.4 Å². The van der Waals surface area contributed by atoms with E-state index in [0.717, 1.165) is 4.90 Å². The Bertz CT molecular complexity index is 569. The molecule has 1 aliphatic rings. The molecule has 0 N–H and O–H groups in total. The average molecular weight is 258 g/mol. The molecule has 2 amide bonds. The molecule has 1 saturated heterocycles. The Morgan fingerprint density at radius 3 is 2.26 bits per heavy atom. The molecule has 1 aromatic rings. The molecule has 5 nitrogen and oxygen atoms in total. The number of carbonyl (C=O) groups is 2. The highest BCUT2D eigenvalue weighted by Crippen LogP contribution is 2.38. The van der Waals surface area contributed by atoms with Crippen molar-refractivity contribution in [2.24, 2.45) is 11.8 Å². The molecule has 5 heteroatoms. The van der Waals surface area contributed by atoms with Crippen molar-refractivity contribution in [3.8, 4) is 11.8 Å². The number of rotatable bonds is 2. The SMILES string of the molecule is COc1cccc(C#N)c1N1C(=O)C(C)C(C)C1=O. The van der Waals surface area contributed by atoms with Crippen molar-refractivity contribution in [2.45, 2.75) is 13.8 Å². The lowest BCUT2D eigenvalue weighted by molar-refractivity contribution is -0.122. The van der Waals surface area contributed by atoms with Crippen LogP contribution in [0.2, 0.25) is 0 Å². The molecule has 0 aliphatic carbocycles. The smallest absolute Gasteiger partial charge is 0.237 e. The van der Waals surface area contributed by atoms with Gasteiger partial charge in [0.2, 0.25) is 11.8 Å². The van der Waals surface area contributed by atoms with Crippen molar-refractivity contribution in [3.63, 3.8) is 0 Å². The van der Waals surface area contributed by atoms with E-state index in [9.17, 15) is 9.59 Å². The van der Waals surface area contributed by atoms with Crippen molar-refractivity contribution >= 4 is 17.5 Å². The Morgan fingerprint density at radius 1 is 1.21 bits per heavy atom. The van der Waals surface area contributed by atoms with E-state index in [2.05, 4.69) is 0 Å². The van der Waals surface area contributed by atoms with Crippen LogP contribution < -0.4 is 9.64 Å². The number of nitrogens with zero attached hydrogens (tertiary/aromatic N) is 2. The molecule has 0 spiro atoms. The first-order valence-electron chi connectivity index (χ1n) is 5.97. The summed E-state index contributed by atoms with van der Waals surface area (Å²) in [7, 11) is 1.44. The Balaban J connectivity index is 2.63. The van der Waals surface area contributed by atoms with Crippen LogP contribution in [0.15, 0.2) is 18.2 Å². The molecule has 0 aromatic heterocycles. The highest BCUT2D eigenvalue weighted by Gasteiger charge is 2.44. The third-order valence-corrected chi connectivity index (χ3v) is 3.53. The molecular weight excluding hydrogens is 244 g/mol. The summed E-state index contributed by atoms with van der Waals surface area (Å²) in [5.74, 6) is -1.01. The van der Waals surface area contributed by atoms with E-state index in [0.29, 0.717) is 5.75 Å². The summed E-state index contributed by atoms with van der Waals surface area (Å²) >= 11 is 0. The van der Waals surface area contributed by atoms with E-state index < -0.39 is 0 Å². The van der Waals surface area contributed by atoms with Gasteiger partial charge in [-0.25, -0.2) is 4.90 Å². The molecule has 0 bridgehead atoms. The van der Waals surface area contributed by atoms with E-state index >= 15 is 0 Å². The molecular formula is C14H14N2O3. The van der Waals surface area contributed by atoms with Crippen molar-refractivity contribution in [1.82, 2.24) is 0 Å². The number of nitriles is 1. The highest BCUT2D eigenvalue weighted by molar-refractivity contribution is 6.23. The minimum atomic E-state index is -0.385. The van der Waals surface area contributed by atoms with Crippen LogP contribution >= 0.6 is 0 Å². The lowest BCUT2D eigenvalue weighted by Crippen LogP contribution is -2.31. The van der Waals surface area contributed by atoms with E-state index in [1.165, 1.54) is 7.11 Å². The Morgan fingerprint density at radius 2 is 1.79 bits per heavy atom. The van der Waals surface area contributed by atoms with E-state index in [4.69, 9.17) is 10.00 Å². The summed E-state index contributed by atoms with van der Waals surface area (Å²) in [6.45, 7) is 3.43. The molecule has 1 fully saturated rings. The monoisotopic (exact) mass is 258 g/mol. The second-order valence-corrected chi connectivity index (χ2v) is 4.56. The number of benzene rings is 1. The van der Waals surface area contributed by atoms with Gasteiger partial charge in [0.05, 0.1) is 12.7 Å². The Labute approximate surface area is 111 Å². The zero-order valence-corrected chi connectivity index (χ0v) is 11.0. The summed E-state index contributed by atoms with van der Waals surface area (Å²) in [6.07, 6.45) is 0. The van der Waals surface area contributed by atoms with Crippen molar-refractivity contribution in [2.75, 3.05) is 12.0 Å². The fraction of sp³-hybridized carbons (Fsp3) is 0.357. The zero-order valence-electron chi connectivity index (χ0n) is 11.0. The first-order valence-corrected chi connectivity index (χ1v) is 5.97. The molecule has 0 saturated carbocycles. The summed E-state index contributed by atoms with van der Waals surface area (Å²) in [6, 6.07) is 6.83. The third kappa shape index (κ3) is 1.85. The quantitative estimate of drug-likeness (QED) is 0.757. The molecule has 2 atom stereocenters. The number of methoxy groups -OCH3 is 1. The predicted octanol–water partition coefficient (Wildman–Crippen LogP) is 1.71. The van der Waals surface area contributed by atoms with Gasteiger partial charge in [0.15, 0.2) is 0 Å². The van der Waals surface area contributed by atoms with Crippen molar-refractivity contribution in [1.29, 1.82) is 5.26 Å². The fourth-order valence-electron chi connectivity index (χ4n) is 2.17. The number of amides is 2. The van der Waals surface area contributed by atoms with E-state index in [1.54, 1.807) is 32.0 Å². The average Bonchev–Trinajstić information content (AvgIpc) is 2.62. The van der Waals surface area contributed by atoms with Gasteiger partial charge in [-0.1, -0.05) is 19.9 Å². The van der Waals surface area contributed by atoms with Gasteiger partial charge in [-0.2, -0.15) is 5.26 Å². The van der Waals surface area contributed by atoms with Crippen LogP contribution in [0, 0.1) is 23.2 Å².